The zero-order chi connectivity index (χ0) is 21.1. The lowest BCUT2D eigenvalue weighted by atomic mass is 10.0. The maximum atomic E-state index is 12.6. The van der Waals surface area contributed by atoms with Crippen molar-refractivity contribution in [3.8, 4) is 0 Å². The molecule has 1 saturated heterocycles. The number of carboxylic acid groups (broad SMARTS) is 1. The zero-order valence-corrected chi connectivity index (χ0v) is 16.7. The van der Waals surface area contributed by atoms with Gasteiger partial charge in [0.15, 0.2) is 10.8 Å². The van der Waals surface area contributed by atoms with Gasteiger partial charge in [0.25, 0.3) is 11.8 Å². The number of allylic oxidation sites excluding steroid dienone is 1. The number of rotatable bonds is 7. The van der Waals surface area contributed by atoms with Gasteiger partial charge >= 0.3 is 5.97 Å². The van der Waals surface area contributed by atoms with Crippen LogP contribution in [0.4, 0.5) is 5.13 Å². The summed E-state index contributed by atoms with van der Waals surface area (Å²) in [4.78, 5) is 46.7. The second-order valence-electron chi connectivity index (χ2n) is 5.82. The number of anilines is 1. The van der Waals surface area contributed by atoms with Crippen LogP contribution in [0.2, 0.25) is 0 Å². The SMILES string of the molecule is CO/N=C(\C(=O)N[C@@H]1C(=O)N2C(C(=O)O)=C(/C=C\CO)CS[C@H]12)c1csc(N)n1. The predicted octanol–water partition coefficient (Wildman–Crippen LogP) is -0.637. The number of aromatic nitrogens is 1. The van der Waals surface area contributed by atoms with Crippen molar-refractivity contribution in [3.05, 3.63) is 34.5 Å². The molecule has 0 aliphatic carbocycles. The first kappa shape index (κ1) is 20.8. The Bertz CT molecular complexity index is 940. The van der Waals surface area contributed by atoms with Crippen LogP contribution in [0.15, 0.2) is 34.0 Å². The number of aliphatic hydroxyl groups is 1. The molecular weight excluding hydrogens is 422 g/mol. The summed E-state index contributed by atoms with van der Waals surface area (Å²) in [5.41, 5.74) is 5.89. The van der Waals surface area contributed by atoms with Crippen molar-refractivity contribution >= 4 is 51.7 Å². The summed E-state index contributed by atoms with van der Waals surface area (Å²) in [7, 11) is 1.27. The van der Waals surface area contributed by atoms with E-state index in [-0.39, 0.29) is 28.8 Å². The van der Waals surface area contributed by atoms with E-state index in [1.807, 2.05) is 0 Å². The van der Waals surface area contributed by atoms with E-state index in [0.29, 0.717) is 11.3 Å². The number of nitrogens with one attached hydrogen (secondary N) is 1. The second-order valence-corrected chi connectivity index (χ2v) is 7.81. The van der Waals surface area contributed by atoms with Crippen LogP contribution in [-0.4, -0.2) is 74.5 Å². The maximum absolute atomic E-state index is 12.6. The van der Waals surface area contributed by atoms with Gasteiger partial charge in [0.2, 0.25) is 0 Å². The minimum absolute atomic E-state index is 0.145. The van der Waals surface area contributed by atoms with Crippen molar-refractivity contribution in [1.82, 2.24) is 15.2 Å². The molecule has 1 aromatic heterocycles. The molecule has 2 amide bonds. The normalized spacial score (nSPS) is 21.8. The number of fused-ring (bicyclic) bond motifs is 1. The Balaban J connectivity index is 1.80. The average Bonchev–Trinajstić information content (AvgIpc) is 3.13. The smallest absolute Gasteiger partial charge is 0.352 e. The Morgan fingerprint density at radius 1 is 1.55 bits per heavy atom. The number of thiazole rings is 1. The van der Waals surface area contributed by atoms with Crippen molar-refractivity contribution in [1.29, 1.82) is 0 Å². The van der Waals surface area contributed by atoms with E-state index in [1.54, 1.807) is 0 Å². The molecular formula is C16H17N5O6S2. The number of aliphatic hydroxyl groups excluding tert-OH is 1. The van der Waals surface area contributed by atoms with Gasteiger partial charge in [-0.15, -0.1) is 23.1 Å². The molecule has 29 heavy (non-hydrogen) atoms. The molecule has 154 valence electrons. The number of carbonyl (C=O) groups is 3. The fourth-order valence-electron chi connectivity index (χ4n) is 2.87. The van der Waals surface area contributed by atoms with Crippen molar-refractivity contribution < 1.29 is 29.4 Å². The summed E-state index contributed by atoms with van der Waals surface area (Å²) >= 11 is 2.42. The van der Waals surface area contributed by atoms with E-state index < -0.39 is 29.2 Å². The molecule has 1 aromatic rings. The highest BCUT2D eigenvalue weighted by molar-refractivity contribution is 8.00. The molecule has 2 aliphatic heterocycles. The quantitative estimate of drug-likeness (QED) is 0.245. The first-order valence-electron chi connectivity index (χ1n) is 8.21. The number of hydrogen-bond acceptors (Lipinski definition) is 10. The minimum atomic E-state index is -1.26. The Morgan fingerprint density at radius 3 is 2.90 bits per heavy atom. The van der Waals surface area contributed by atoms with Gasteiger partial charge in [-0.3, -0.25) is 14.5 Å². The molecule has 0 bridgehead atoms. The van der Waals surface area contributed by atoms with Gasteiger partial charge < -0.3 is 26.1 Å². The van der Waals surface area contributed by atoms with Crippen molar-refractivity contribution in [2.24, 2.45) is 5.16 Å². The van der Waals surface area contributed by atoms with Crippen LogP contribution < -0.4 is 11.1 Å². The lowest BCUT2D eigenvalue weighted by Gasteiger charge is -2.49. The van der Waals surface area contributed by atoms with Gasteiger partial charge in [0.1, 0.15) is 29.9 Å². The molecule has 11 nitrogen and oxygen atoms in total. The Morgan fingerprint density at radius 2 is 2.31 bits per heavy atom. The summed E-state index contributed by atoms with van der Waals surface area (Å²) in [6.07, 6.45) is 2.87. The van der Waals surface area contributed by atoms with Gasteiger partial charge in [0.05, 0.1) is 6.61 Å². The molecule has 3 heterocycles. The van der Waals surface area contributed by atoms with E-state index in [4.69, 9.17) is 15.7 Å². The number of aliphatic carboxylic acids is 1. The molecule has 0 aromatic carbocycles. The summed E-state index contributed by atoms with van der Waals surface area (Å²) in [5, 5.41) is 25.9. The summed E-state index contributed by atoms with van der Waals surface area (Å²) in [6, 6.07) is -0.928. The van der Waals surface area contributed by atoms with Crippen LogP contribution in [-0.2, 0) is 19.2 Å². The third-order valence-electron chi connectivity index (χ3n) is 4.07. The van der Waals surface area contributed by atoms with Crippen molar-refractivity contribution in [2.45, 2.75) is 11.4 Å². The molecule has 2 aliphatic rings. The third kappa shape index (κ3) is 3.97. The fraction of sp³-hybridized carbons (Fsp3) is 0.312. The van der Waals surface area contributed by atoms with E-state index in [0.717, 1.165) is 16.2 Å². The first-order valence-corrected chi connectivity index (χ1v) is 10.1. The van der Waals surface area contributed by atoms with E-state index >= 15 is 0 Å². The van der Waals surface area contributed by atoms with Crippen LogP contribution in [0.3, 0.4) is 0 Å². The van der Waals surface area contributed by atoms with Crippen LogP contribution in [0.25, 0.3) is 0 Å². The van der Waals surface area contributed by atoms with Crippen molar-refractivity contribution in [3.63, 3.8) is 0 Å². The number of nitrogens with two attached hydrogens (primary N) is 1. The largest absolute Gasteiger partial charge is 0.477 e. The summed E-state index contributed by atoms with van der Waals surface area (Å²) < 4.78 is 0. The molecule has 0 radical (unpaired) electrons. The van der Waals surface area contributed by atoms with Gasteiger partial charge in [-0.2, -0.15) is 0 Å². The Labute approximate surface area is 172 Å². The highest BCUT2D eigenvalue weighted by Crippen LogP contribution is 2.40. The van der Waals surface area contributed by atoms with Crippen LogP contribution in [0, 0.1) is 0 Å². The topological polar surface area (TPSA) is 167 Å². The Kier molecular flexibility index (Phi) is 6.20. The van der Waals surface area contributed by atoms with Gasteiger partial charge in [-0.1, -0.05) is 17.3 Å². The van der Waals surface area contributed by atoms with Crippen molar-refractivity contribution in [2.75, 3.05) is 25.2 Å². The van der Waals surface area contributed by atoms with E-state index in [2.05, 4.69) is 15.5 Å². The summed E-state index contributed by atoms with van der Waals surface area (Å²) in [5.74, 6) is -2.20. The number of nitrogen functional groups attached to an aromatic ring is 1. The van der Waals surface area contributed by atoms with E-state index in [1.165, 1.54) is 36.4 Å². The number of carbonyl (C=O) groups excluding carboxylic acids is 2. The average molecular weight is 439 g/mol. The highest BCUT2D eigenvalue weighted by Gasteiger charge is 2.54. The molecule has 0 saturated carbocycles. The number of β-lactam (4-membered cyclic amide) rings is 1. The maximum Gasteiger partial charge on any atom is 0.352 e. The number of amides is 2. The predicted molar refractivity (Wildman–Crippen MR) is 106 cm³/mol. The van der Waals surface area contributed by atoms with Crippen LogP contribution in [0.1, 0.15) is 5.69 Å². The van der Waals surface area contributed by atoms with Gasteiger partial charge in [-0.25, -0.2) is 9.78 Å². The highest BCUT2D eigenvalue weighted by atomic mass is 32.2. The number of thioether (sulfide) groups is 1. The minimum Gasteiger partial charge on any atom is -0.477 e. The summed E-state index contributed by atoms with van der Waals surface area (Å²) in [6.45, 7) is -0.250. The molecule has 5 N–H and O–H groups in total. The zero-order valence-electron chi connectivity index (χ0n) is 15.1. The standard InChI is InChI=1S/C16H17N5O6S2/c1-27-20-9(8-6-29-16(17)18-8)12(23)19-10-13(24)21-11(15(25)26)7(3-2-4-22)5-28-14(10)21/h2-3,6,10,14,22H,4-5H2,1H3,(H2,17,18)(H,19,23)(H,25,26)/b3-2-,20-9-/t10-,14-/m1/s1. The first-order chi connectivity index (χ1) is 13.9. The fourth-order valence-corrected chi connectivity index (χ4v) is 4.73. The molecule has 1 fully saturated rings. The second kappa shape index (κ2) is 8.63. The van der Waals surface area contributed by atoms with Gasteiger partial charge in [-0.05, 0) is 5.57 Å². The molecule has 13 heteroatoms. The van der Waals surface area contributed by atoms with Crippen LogP contribution in [0.5, 0.6) is 0 Å². The molecule has 0 unspecified atom stereocenters. The monoisotopic (exact) mass is 439 g/mol. The van der Waals surface area contributed by atoms with Crippen LogP contribution >= 0.6 is 23.1 Å². The van der Waals surface area contributed by atoms with Gasteiger partial charge in [0, 0.05) is 11.1 Å². The number of oxime groups is 1. The molecule has 0 spiro atoms. The Hall–Kier alpha value is -2.90. The molecule has 3 rings (SSSR count). The lowest BCUT2D eigenvalue weighted by molar-refractivity contribution is -0.150. The number of nitrogens with zero attached hydrogens (tertiary/aromatic N) is 3. The number of carboxylic acids is 1. The number of hydrogen-bond donors (Lipinski definition) is 4. The third-order valence-corrected chi connectivity index (χ3v) is 6.05. The lowest BCUT2D eigenvalue weighted by Crippen LogP contribution is -2.71. The molecule has 2 atom stereocenters. The van der Waals surface area contributed by atoms with E-state index in [9.17, 15) is 19.5 Å².